The second-order valence-electron chi connectivity index (χ2n) is 8.56. The Bertz CT molecular complexity index is 1040. The average molecular weight is 425 g/mol. The third-order valence-electron chi connectivity index (χ3n) is 6.52. The van der Waals surface area contributed by atoms with Crippen LogP contribution in [0, 0.1) is 6.92 Å². The van der Waals surface area contributed by atoms with Gasteiger partial charge in [0.15, 0.2) is 0 Å². The maximum absolute atomic E-state index is 6.98. The largest absolute Gasteiger partial charge is 0.355 e. The number of hydrogen-bond donors (Lipinski definition) is 1. The minimum Gasteiger partial charge on any atom is -0.355 e. The number of anilines is 1. The van der Waals surface area contributed by atoms with E-state index in [4.69, 9.17) is 16.6 Å². The summed E-state index contributed by atoms with van der Waals surface area (Å²) < 4.78 is 2.12. The molecule has 0 aromatic carbocycles. The maximum atomic E-state index is 6.98. The van der Waals surface area contributed by atoms with Crippen LogP contribution in [-0.4, -0.2) is 52.5 Å². The summed E-state index contributed by atoms with van der Waals surface area (Å²) in [6, 6.07) is 10.8. The van der Waals surface area contributed by atoms with Gasteiger partial charge in [0.05, 0.1) is 23.5 Å². The van der Waals surface area contributed by atoms with Crippen molar-refractivity contribution in [2.75, 3.05) is 38.1 Å². The zero-order valence-electron chi connectivity index (χ0n) is 17.7. The number of piperidine rings is 1. The topological polar surface area (TPSA) is 48.7 Å². The predicted octanol–water partition coefficient (Wildman–Crippen LogP) is 4.00. The molecule has 7 heteroatoms. The molecule has 5 rings (SSSR count). The highest BCUT2D eigenvalue weighted by atomic mass is 35.5. The van der Waals surface area contributed by atoms with Crippen LogP contribution in [0.15, 0.2) is 36.5 Å². The van der Waals surface area contributed by atoms with E-state index in [1.165, 1.54) is 5.56 Å². The fraction of sp³-hybridized carbons (Fsp3) is 0.478. The Balaban J connectivity index is 1.47. The summed E-state index contributed by atoms with van der Waals surface area (Å²) in [7, 11) is 2.18. The average Bonchev–Trinajstić information content (AvgIpc) is 3.12. The van der Waals surface area contributed by atoms with Gasteiger partial charge in [-0.05, 0) is 57.0 Å². The van der Waals surface area contributed by atoms with Crippen molar-refractivity contribution in [3.05, 3.63) is 58.6 Å². The first-order valence-electron chi connectivity index (χ1n) is 10.9. The van der Waals surface area contributed by atoms with Gasteiger partial charge in [0.25, 0.3) is 0 Å². The molecule has 2 fully saturated rings. The third kappa shape index (κ3) is 3.57. The molecule has 0 bridgehead atoms. The minimum absolute atomic E-state index is 0.137. The van der Waals surface area contributed by atoms with Crippen LogP contribution in [0.5, 0.6) is 0 Å². The smallest absolute Gasteiger partial charge is 0.139 e. The Morgan fingerprint density at radius 1 is 1.00 bits per heavy atom. The molecule has 5 heterocycles. The maximum Gasteiger partial charge on any atom is 0.139 e. The summed E-state index contributed by atoms with van der Waals surface area (Å²) in [5.74, 6) is 1.14. The molecule has 2 aliphatic heterocycles. The zero-order chi connectivity index (χ0) is 20.7. The molecule has 0 radical (unpaired) electrons. The van der Waals surface area contributed by atoms with E-state index in [1.54, 1.807) is 0 Å². The van der Waals surface area contributed by atoms with Gasteiger partial charge in [-0.15, -0.1) is 0 Å². The summed E-state index contributed by atoms with van der Waals surface area (Å²) in [4.78, 5) is 14.4. The number of halogens is 1. The molecule has 6 nitrogen and oxygen atoms in total. The van der Waals surface area contributed by atoms with Crippen LogP contribution in [0.25, 0.3) is 5.65 Å². The first-order valence-corrected chi connectivity index (χ1v) is 11.3. The molecule has 0 unspecified atom stereocenters. The van der Waals surface area contributed by atoms with Crippen molar-refractivity contribution in [1.29, 1.82) is 0 Å². The van der Waals surface area contributed by atoms with Crippen molar-refractivity contribution < 1.29 is 0 Å². The lowest BCUT2D eigenvalue weighted by Crippen LogP contribution is -2.45. The number of imidazole rings is 1. The number of likely N-dealkylation sites (N-methyl/N-ethyl adjacent to an activating group) is 1. The molecule has 0 aliphatic carbocycles. The van der Waals surface area contributed by atoms with Crippen LogP contribution in [0.1, 0.15) is 48.3 Å². The molecule has 2 atom stereocenters. The van der Waals surface area contributed by atoms with E-state index in [2.05, 4.69) is 62.7 Å². The normalized spacial score (nSPS) is 23.2. The summed E-state index contributed by atoms with van der Waals surface area (Å²) in [5.41, 5.74) is 4.25. The van der Waals surface area contributed by atoms with E-state index >= 15 is 0 Å². The Labute approximate surface area is 182 Å². The number of aryl methyl sites for hydroxylation is 1. The molecule has 3 aromatic heterocycles. The van der Waals surface area contributed by atoms with Gasteiger partial charge >= 0.3 is 0 Å². The number of hydrogen-bond acceptors (Lipinski definition) is 5. The van der Waals surface area contributed by atoms with Crippen molar-refractivity contribution in [2.24, 2.45) is 0 Å². The number of fused-ring (bicyclic) bond motifs is 1. The zero-order valence-corrected chi connectivity index (χ0v) is 18.4. The fourth-order valence-corrected chi connectivity index (χ4v) is 5.14. The van der Waals surface area contributed by atoms with Crippen LogP contribution >= 0.6 is 11.6 Å². The van der Waals surface area contributed by atoms with E-state index in [0.717, 1.165) is 73.4 Å². The highest BCUT2D eigenvalue weighted by molar-refractivity contribution is 6.30. The Kier molecular flexibility index (Phi) is 5.39. The molecular weight excluding hydrogens is 396 g/mol. The second kappa shape index (κ2) is 8.17. The van der Waals surface area contributed by atoms with Crippen LogP contribution in [0.4, 0.5) is 5.82 Å². The molecule has 2 aliphatic rings. The Hall–Kier alpha value is -2.15. The first kappa shape index (κ1) is 19.8. The van der Waals surface area contributed by atoms with Gasteiger partial charge in [-0.3, -0.25) is 9.38 Å². The van der Waals surface area contributed by atoms with Gasteiger partial charge in [-0.2, -0.15) is 0 Å². The van der Waals surface area contributed by atoms with Crippen LogP contribution in [-0.2, 0) is 0 Å². The lowest BCUT2D eigenvalue weighted by atomic mass is 9.93. The highest BCUT2D eigenvalue weighted by Crippen LogP contribution is 2.37. The quantitative estimate of drug-likeness (QED) is 0.688. The molecule has 0 saturated carbocycles. The van der Waals surface area contributed by atoms with Crippen molar-refractivity contribution in [3.63, 3.8) is 0 Å². The summed E-state index contributed by atoms with van der Waals surface area (Å²) in [6.45, 7) is 6.26. The number of aromatic nitrogens is 3. The van der Waals surface area contributed by atoms with Crippen molar-refractivity contribution in [3.8, 4) is 0 Å². The number of nitrogens with one attached hydrogen (secondary N) is 1. The summed E-state index contributed by atoms with van der Waals surface area (Å²) in [6.07, 6.45) is 5.14. The third-order valence-corrected chi connectivity index (χ3v) is 6.88. The van der Waals surface area contributed by atoms with Crippen molar-refractivity contribution in [1.82, 2.24) is 24.6 Å². The van der Waals surface area contributed by atoms with Gasteiger partial charge in [0, 0.05) is 32.4 Å². The SMILES string of the molecule is Cc1cccnc1[C@H]1CCC[C@@H](c2nc3cccc(N4CCN(C)CC4)n3c2Cl)N1. The van der Waals surface area contributed by atoms with Crippen molar-refractivity contribution in [2.45, 2.75) is 38.3 Å². The standard InChI is InChI=1S/C23H29ClN6/c1-16-6-5-11-25-21(16)17-7-3-8-18(26-17)22-23(24)30-19(27-22)9-4-10-20(30)29-14-12-28(2)13-15-29/h4-6,9-11,17-18,26H,3,7-8,12-15H2,1-2H3/t17-,18+/m1/s1. The first-order chi connectivity index (χ1) is 14.6. The van der Waals surface area contributed by atoms with Gasteiger partial charge in [0.2, 0.25) is 0 Å². The van der Waals surface area contributed by atoms with E-state index in [-0.39, 0.29) is 12.1 Å². The lowest BCUT2D eigenvalue weighted by molar-refractivity contribution is 0.311. The predicted molar refractivity (Wildman–Crippen MR) is 121 cm³/mol. The summed E-state index contributed by atoms with van der Waals surface area (Å²) in [5, 5.41) is 4.52. The second-order valence-corrected chi connectivity index (χ2v) is 8.92. The molecule has 0 amide bonds. The number of piperazine rings is 1. The molecule has 2 saturated heterocycles. The number of pyridine rings is 2. The lowest BCUT2D eigenvalue weighted by Gasteiger charge is -2.34. The molecular formula is C23H29ClN6. The number of rotatable bonds is 3. The molecule has 3 aromatic rings. The highest BCUT2D eigenvalue weighted by Gasteiger charge is 2.30. The van der Waals surface area contributed by atoms with Gasteiger partial charge < -0.3 is 15.1 Å². The van der Waals surface area contributed by atoms with Crippen LogP contribution in [0.2, 0.25) is 5.15 Å². The summed E-state index contributed by atoms with van der Waals surface area (Å²) >= 11 is 6.98. The van der Waals surface area contributed by atoms with E-state index in [9.17, 15) is 0 Å². The van der Waals surface area contributed by atoms with Gasteiger partial charge in [0.1, 0.15) is 16.6 Å². The van der Waals surface area contributed by atoms with E-state index in [0.29, 0.717) is 0 Å². The molecule has 1 N–H and O–H groups in total. The Morgan fingerprint density at radius 2 is 1.77 bits per heavy atom. The van der Waals surface area contributed by atoms with E-state index in [1.807, 2.05) is 12.3 Å². The van der Waals surface area contributed by atoms with Crippen molar-refractivity contribution >= 4 is 23.1 Å². The van der Waals surface area contributed by atoms with Gasteiger partial charge in [-0.25, -0.2) is 4.98 Å². The molecule has 30 heavy (non-hydrogen) atoms. The van der Waals surface area contributed by atoms with Crippen LogP contribution in [0.3, 0.4) is 0 Å². The van der Waals surface area contributed by atoms with Gasteiger partial charge in [-0.1, -0.05) is 23.7 Å². The molecule has 158 valence electrons. The monoisotopic (exact) mass is 424 g/mol. The molecule has 0 spiro atoms. The minimum atomic E-state index is 0.137. The Morgan fingerprint density at radius 3 is 2.53 bits per heavy atom. The van der Waals surface area contributed by atoms with E-state index < -0.39 is 0 Å². The van der Waals surface area contributed by atoms with Crippen LogP contribution < -0.4 is 10.2 Å². The fourth-order valence-electron chi connectivity index (χ4n) is 4.79. The number of nitrogens with zero attached hydrogens (tertiary/aromatic N) is 5.